The van der Waals surface area contributed by atoms with Gasteiger partial charge in [0.15, 0.2) is 0 Å². The van der Waals surface area contributed by atoms with Crippen LogP contribution in [0.3, 0.4) is 0 Å². The first kappa shape index (κ1) is 12.7. The number of hydrogen-bond acceptors (Lipinski definition) is 1. The molecular formula is C13H20BrN. The van der Waals surface area contributed by atoms with Crippen molar-refractivity contribution in [3.05, 3.63) is 30.1 Å². The van der Waals surface area contributed by atoms with Crippen LogP contribution in [0.2, 0.25) is 0 Å². The standard InChI is InChI=1S/C13H20BrN/c1-13(2,3)12(14)9-6-8-11-7-4-5-10-15-11/h4-5,7,10,12H,6,8-9H2,1-3H3. The molecule has 0 aromatic carbocycles. The van der Waals surface area contributed by atoms with Crippen LogP contribution < -0.4 is 0 Å². The SMILES string of the molecule is CC(C)(C)C(Br)CCCc1ccccn1. The zero-order chi connectivity index (χ0) is 11.3. The number of rotatable bonds is 4. The monoisotopic (exact) mass is 269 g/mol. The van der Waals surface area contributed by atoms with Gasteiger partial charge in [-0.05, 0) is 36.8 Å². The number of alkyl halides is 1. The van der Waals surface area contributed by atoms with Crippen LogP contribution in [0.1, 0.15) is 39.3 Å². The molecule has 84 valence electrons. The minimum Gasteiger partial charge on any atom is -0.261 e. The third kappa shape index (κ3) is 4.78. The third-order valence-corrected chi connectivity index (χ3v) is 4.39. The summed E-state index contributed by atoms with van der Waals surface area (Å²) in [6.07, 6.45) is 5.36. The molecule has 2 heteroatoms. The molecule has 0 aliphatic rings. The molecule has 0 fully saturated rings. The second kappa shape index (κ2) is 5.64. The number of hydrogen-bond donors (Lipinski definition) is 0. The molecule has 0 aliphatic heterocycles. The maximum atomic E-state index is 4.32. The topological polar surface area (TPSA) is 12.9 Å². The highest BCUT2D eigenvalue weighted by Gasteiger charge is 2.20. The fourth-order valence-electron chi connectivity index (χ4n) is 1.44. The molecular weight excluding hydrogens is 250 g/mol. The zero-order valence-corrected chi connectivity index (χ0v) is 11.4. The summed E-state index contributed by atoms with van der Waals surface area (Å²) in [5.41, 5.74) is 1.55. The first-order valence-corrected chi connectivity index (χ1v) is 6.45. The van der Waals surface area contributed by atoms with Crippen molar-refractivity contribution in [3.63, 3.8) is 0 Å². The lowest BCUT2D eigenvalue weighted by Crippen LogP contribution is -2.20. The van der Waals surface area contributed by atoms with Crippen LogP contribution in [0, 0.1) is 5.41 Å². The van der Waals surface area contributed by atoms with Crippen molar-refractivity contribution in [1.82, 2.24) is 4.98 Å². The van der Waals surface area contributed by atoms with E-state index in [2.05, 4.69) is 53.8 Å². The fourth-order valence-corrected chi connectivity index (χ4v) is 1.77. The van der Waals surface area contributed by atoms with Gasteiger partial charge in [0, 0.05) is 16.7 Å². The molecule has 0 aliphatic carbocycles. The Morgan fingerprint density at radius 1 is 1.33 bits per heavy atom. The number of aryl methyl sites for hydroxylation is 1. The van der Waals surface area contributed by atoms with Crippen molar-refractivity contribution < 1.29 is 0 Å². The molecule has 0 spiro atoms. The second-order valence-electron chi connectivity index (χ2n) is 5.05. The van der Waals surface area contributed by atoms with E-state index in [0.29, 0.717) is 10.2 Å². The summed E-state index contributed by atoms with van der Waals surface area (Å²) in [5, 5.41) is 0. The molecule has 1 rings (SSSR count). The Bertz CT molecular complexity index is 276. The molecule has 15 heavy (non-hydrogen) atoms. The van der Waals surface area contributed by atoms with Gasteiger partial charge in [0.05, 0.1) is 0 Å². The molecule has 1 nitrogen and oxygen atoms in total. The molecule has 0 saturated heterocycles. The van der Waals surface area contributed by atoms with Crippen LogP contribution in [-0.4, -0.2) is 9.81 Å². The Morgan fingerprint density at radius 2 is 2.07 bits per heavy atom. The van der Waals surface area contributed by atoms with Crippen molar-refractivity contribution in [1.29, 1.82) is 0 Å². The van der Waals surface area contributed by atoms with E-state index in [1.165, 1.54) is 18.5 Å². The van der Waals surface area contributed by atoms with Gasteiger partial charge in [-0.1, -0.05) is 42.8 Å². The average Bonchev–Trinajstić information content (AvgIpc) is 2.18. The molecule has 0 radical (unpaired) electrons. The van der Waals surface area contributed by atoms with Crippen molar-refractivity contribution in [2.45, 2.75) is 44.9 Å². The molecule has 0 N–H and O–H groups in total. The molecule has 1 aromatic heterocycles. The van der Waals surface area contributed by atoms with Gasteiger partial charge >= 0.3 is 0 Å². The Kier molecular flexibility index (Phi) is 4.78. The summed E-state index contributed by atoms with van der Waals surface area (Å²) in [6.45, 7) is 6.81. The number of halogens is 1. The van der Waals surface area contributed by atoms with Crippen LogP contribution in [0.4, 0.5) is 0 Å². The van der Waals surface area contributed by atoms with E-state index < -0.39 is 0 Å². The van der Waals surface area contributed by atoms with Crippen molar-refractivity contribution in [2.75, 3.05) is 0 Å². The summed E-state index contributed by atoms with van der Waals surface area (Å²) < 4.78 is 0. The maximum absolute atomic E-state index is 4.32. The summed E-state index contributed by atoms with van der Waals surface area (Å²) in [7, 11) is 0. The number of pyridine rings is 1. The normalized spacial score (nSPS) is 13.9. The molecule has 0 saturated carbocycles. The van der Waals surface area contributed by atoms with Crippen LogP contribution in [0.15, 0.2) is 24.4 Å². The lowest BCUT2D eigenvalue weighted by atomic mass is 9.89. The van der Waals surface area contributed by atoms with E-state index >= 15 is 0 Å². The first-order valence-electron chi connectivity index (χ1n) is 5.54. The highest BCUT2D eigenvalue weighted by Crippen LogP contribution is 2.29. The van der Waals surface area contributed by atoms with Gasteiger partial charge in [-0.2, -0.15) is 0 Å². The Labute approximate surface area is 101 Å². The summed E-state index contributed by atoms with van der Waals surface area (Å²) >= 11 is 3.75. The Morgan fingerprint density at radius 3 is 2.60 bits per heavy atom. The van der Waals surface area contributed by atoms with Crippen LogP contribution in [-0.2, 0) is 6.42 Å². The largest absolute Gasteiger partial charge is 0.261 e. The zero-order valence-electron chi connectivity index (χ0n) is 9.83. The van der Waals surface area contributed by atoms with Crippen LogP contribution in [0.5, 0.6) is 0 Å². The van der Waals surface area contributed by atoms with E-state index in [1.807, 2.05) is 12.3 Å². The van der Waals surface area contributed by atoms with Gasteiger partial charge in [-0.25, -0.2) is 0 Å². The van der Waals surface area contributed by atoms with Gasteiger partial charge in [0.25, 0.3) is 0 Å². The van der Waals surface area contributed by atoms with Crippen molar-refractivity contribution in [3.8, 4) is 0 Å². The molecule has 1 atom stereocenters. The number of nitrogens with zero attached hydrogens (tertiary/aromatic N) is 1. The molecule has 1 aromatic rings. The lowest BCUT2D eigenvalue weighted by Gasteiger charge is -2.25. The van der Waals surface area contributed by atoms with Gasteiger partial charge < -0.3 is 0 Å². The van der Waals surface area contributed by atoms with Crippen molar-refractivity contribution in [2.24, 2.45) is 5.41 Å². The predicted molar refractivity (Wildman–Crippen MR) is 69.3 cm³/mol. The predicted octanol–water partition coefficient (Wildman–Crippen LogP) is 4.21. The quantitative estimate of drug-likeness (QED) is 0.747. The van der Waals surface area contributed by atoms with E-state index in [1.54, 1.807) is 0 Å². The van der Waals surface area contributed by atoms with E-state index in [-0.39, 0.29) is 0 Å². The summed E-state index contributed by atoms with van der Waals surface area (Å²) in [5.74, 6) is 0. The van der Waals surface area contributed by atoms with E-state index in [0.717, 1.165) is 6.42 Å². The fraction of sp³-hybridized carbons (Fsp3) is 0.615. The number of aromatic nitrogens is 1. The third-order valence-electron chi connectivity index (χ3n) is 2.56. The Hall–Kier alpha value is -0.370. The first-order chi connectivity index (χ1) is 7.00. The van der Waals surface area contributed by atoms with Crippen LogP contribution in [0.25, 0.3) is 0 Å². The molecule has 1 unspecified atom stereocenters. The van der Waals surface area contributed by atoms with Gasteiger partial charge in [-0.3, -0.25) is 4.98 Å². The van der Waals surface area contributed by atoms with Gasteiger partial charge in [-0.15, -0.1) is 0 Å². The highest BCUT2D eigenvalue weighted by atomic mass is 79.9. The molecule has 0 bridgehead atoms. The summed E-state index contributed by atoms with van der Waals surface area (Å²) in [4.78, 5) is 4.91. The summed E-state index contributed by atoms with van der Waals surface area (Å²) in [6, 6.07) is 6.12. The van der Waals surface area contributed by atoms with Gasteiger partial charge in [0.1, 0.15) is 0 Å². The van der Waals surface area contributed by atoms with E-state index in [4.69, 9.17) is 0 Å². The smallest absolute Gasteiger partial charge is 0.0403 e. The maximum Gasteiger partial charge on any atom is 0.0403 e. The van der Waals surface area contributed by atoms with Gasteiger partial charge in [0.2, 0.25) is 0 Å². The minimum atomic E-state index is 0.351. The van der Waals surface area contributed by atoms with Crippen molar-refractivity contribution >= 4 is 15.9 Å². The minimum absolute atomic E-state index is 0.351. The average molecular weight is 270 g/mol. The molecule has 0 amide bonds. The second-order valence-corrected chi connectivity index (χ2v) is 6.15. The van der Waals surface area contributed by atoms with Crippen LogP contribution >= 0.6 is 15.9 Å². The highest BCUT2D eigenvalue weighted by molar-refractivity contribution is 9.09. The Balaban J connectivity index is 2.28. The lowest BCUT2D eigenvalue weighted by molar-refractivity contribution is 0.380. The van der Waals surface area contributed by atoms with E-state index in [9.17, 15) is 0 Å². The molecule has 1 heterocycles.